The number of nitrogens with zero attached hydrogens (tertiary/aromatic N) is 3. The van der Waals surface area contributed by atoms with Gasteiger partial charge in [-0.15, -0.1) is 11.3 Å². The fraction of sp³-hybridized carbons (Fsp3) is 0.353. The van der Waals surface area contributed by atoms with Gasteiger partial charge in [-0.05, 0) is 38.2 Å². The minimum atomic E-state index is -0.609. The molecule has 0 fully saturated rings. The zero-order valence-corrected chi connectivity index (χ0v) is 14.9. The molecule has 0 saturated heterocycles. The minimum absolute atomic E-state index is 0.191. The van der Waals surface area contributed by atoms with Gasteiger partial charge < -0.3 is 5.32 Å². The predicted molar refractivity (Wildman–Crippen MR) is 96.4 cm³/mol. The molecule has 0 bridgehead atoms. The quantitative estimate of drug-likeness (QED) is 0.653. The molecule has 0 spiro atoms. The van der Waals surface area contributed by atoms with Crippen LogP contribution in [-0.2, 0) is 24.2 Å². The average molecular weight is 372 g/mol. The van der Waals surface area contributed by atoms with Crippen molar-refractivity contribution in [2.75, 3.05) is 5.32 Å². The Hall–Kier alpha value is -2.99. The number of pyridine rings is 1. The number of aromatic nitrogens is 1. The molecule has 2 aromatic rings. The van der Waals surface area contributed by atoms with Crippen molar-refractivity contribution in [3.05, 3.63) is 54.3 Å². The fourth-order valence-corrected chi connectivity index (χ4v) is 4.33. The number of nitro groups is 1. The second-order valence-electron chi connectivity index (χ2n) is 6.15. The van der Waals surface area contributed by atoms with Crippen LogP contribution in [0.15, 0.2) is 17.1 Å². The lowest BCUT2D eigenvalue weighted by molar-refractivity contribution is -0.385. The van der Waals surface area contributed by atoms with Gasteiger partial charge in [0.2, 0.25) is 5.91 Å². The lowest BCUT2D eigenvalue weighted by Gasteiger charge is -2.09. The third-order valence-corrected chi connectivity index (χ3v) is 5.52. The third-order valence-electron chi connectivity index (χ3n) is 4.31. The van der Waals surface area contributed by atoms with Crippen LogP contribution in [0.2, 0.25) is 0 Å². The van der Waals surface area contributed by atoms with E-state index in [1.165, 1.54) is 24.3 Å². The first-order valence-corrected chi connectivity index (χ1v) is 8.92. The molecule has 26 heavy (non-hydrogen) atoms. The largest absolute Gasteiger partial charge is 0.315 e. The minimum Gasteiger partial charge on any atom is -0.315 e. The van der Waals surface area contributed by atoms with Crippen LogP contribution in [0.3, 0.4) is 0 Å². The van der Waals surface area contributed by atoms with Crippen LogP contribution >= 0.6 is 11.3 Å². The Morgan fingerprint density at radius 1 is 1.46 bits per heavy atom. The highest BCUT2D eigenvalue weighted by Crippen LogP contribution is 2.37. The number of aryl methyl sites for hydroxylation is 2. The van der Waals surface area contributed by atoms with Crippen molar-refractivity contribution >= 4 is 27.9 Å². The van der Waals surface area contributed by atoms with Crippen LogP contribution in [0.25, 0.3) is 0 Å². The van der Waals surface area contributed by atoms with Gasteiger partial charge in [-0.2, -0.15) is 5.26 Å². The van der Waals surface area contributed by atoms with Crippen molar-refractivity contribution < 1.29 is 9.72 Å². The molecule has 3 rings (SSSR count). The van der Waals surface area contributed by atoms with Gasteiger partial charge in [-0.1, -0.05) is 0 Å². The molecule has 1 amide bonds. The van der Waals surface area contributed by atoms with Crippen molar-refractivity contribution in [2.45, 2.75) is 39.2 Å². The third kappa shape index (κ3) is 3.36. The topological polar surface area (TPSA) is 118 Å². The van der Waals surface area contributed by atoms with Gasteiger partial charge >= 0.3 is 0 Å². The second-order valence-corrected chi connectivity index (χ2v) is 7.25. The molecule has 0 aromatic carbocycles. The molecule has 9 heteroatoms. The van der Waals surface area contributed by atoms with Crippen LogP contribution in [0.5, 0.6) is 0 Å². The Morgan fingerprint density at radius 3 is 2.88 bits per heavy atom. The summed E-state index contributed by atoms with van der Waals surface area (Å²) < 4.78 is 1.02. The Bertz CT molecular complexity index is 999. The summed E-state index contributed by atoms with van der Waals surface area (Å²) in [6, 6.07) is 3.33. The molecule has 2 heterocycles. The number of nitriles is 1. The molecule has 2 aromatic heterocycles. The van der Waals surface area contributed by atoms with E-state index in [0.29, 0.717) is 10.6 Å². The molecule has 134 valence electrons. The Balaban J connectivity index is 1.85. The lowest BCUT2D eigenvalue weighted by atomic mass is 9.96. The van der Waals surface area contributed by atoms with Gasteiger partial charge in [0.25, 0.3) is 11.2 Å². The van der Waals surface area contributed by atoms with Crippen molar-refractivity contribution in [1.29, 1.82) is 5.26 Å². The standard InChI is InChI=1S/C17H16N4O4S/c1-10-6-11(21(24)25)8-20(17(10)23)9-15(22)19-16-13(7-18)12-4-2-3-5-14(12)26-16/h6,8H,2-5,9H2,1H3,(H,19,22). The number of nitrogens with one attached hydrogen (secondary N) is 1. The van der Waals surface area contributed by atoms with Gasteiger partial charge in [-0.25, -0.2) is 0 Å². The molecule has 0 saturated carbocycles. The first-order valence-electron chi connectivity index (χ1n) is 8.10. The summed E-state index contributed by atoms with van der Waals surface area (Å²) in [5.74, 6) is -0.498. The van der Waals surface area contributed by atoms with Gasteiger partial charge in [0.05, 0.1) is 16.7 Å². The second kappa shape index (κ2) is 7.09. The van der Waals surface area contributed by atoms with E-state index in [0.717, 1.165) is 46.9 Å². The fourth-order valence-electron chi connectivity index (χ4n) is 3.08. The highest BCUT2D eigenvalue weighted by molar-refractivity contribution is 7.16. The lowest BCUT2D eigenvalue weighted by Crippen LogP contribution is -2.28. The van der Waals surface area contributed by atoms with Crippen LogP contribution in [0, 0.1) is 28.4 Å². The molecule has 1 N–H and O–H groups in total. The number of hydrogen-bond acceptors (Lipinski definition) is 6. The number of amides is 1. The number of hydrogen-bond donors (Lipinski definition) is 1. The maximum absolute atomic E-state index is 12.4. The molecule has 0 unspecified atom stereocenters. The maximum Gasteiger partial charge on any atom is 0.286 e. The summed E-state index contributed by atoms with van der Waals surface area (Å²) in [5, 5.41) is 23.5. The zero-order chi connectivity index (χ0) is 18.8. The van der Waals surface area contributed by atoms with E-state index >= 15 is 0 Å². The Labute approximate surface area is 152 Å². The number of thiophene rings is 1. The highest BCUT2D eigenvalue weighted by atomic mass is 32.1. The summed E-state index contributed by atoms with van der Waals surface area (Å²) in [4.78, 5) is 35.9. The summed E-state index contributed by atoms with van der Waals surface area (Å²) in [7, 11) is 0. The molecule has 0 aliphatic heterocycles. The predicted octanol–water partition coefficient (Wildman–Crippen LogP) is 2.52. The molecular weight excluding hydrogens is 356 g/mol. The van der Waals surface area contributed by atoms with Gasteiger partial charge in [0.15, 0.2) is 0 Å². The number of anilines is 1. The Kier molecular flexibility index (Phi) is 4.86. The zero-order valence-electron chi connectivity index (χ0n) is 14.1. The van der Waals surface area contributed by atoms with Crippen molar-refractivity contribution in [2.24, 2.45) is 0 Å². The summed E-state index contributed by atoms with van der Waals surface area (Å²) >= 11 is 1.39. The first kappa shape index (κ1) is 17.8. The number of carbonyl (C=O) groups excluding carboxylic acids is 1. The molecule has 8 nitrogen and oxygen atoms in total. The van der Waals surface area contributed by atoms with Crippen molar-refractivity contribution in [1.82, 2.24) is 4.57 Å². The Morgan fingerprint density at radius 2 is 2.19 bits per heavy atom. The van der Waals surface area contributed by atoms with E-state index in [4.69, 9.17) is 0 Å². The van der Waals surface area contributed by atoms with Crippen LogP contribution in [0.4, 0.5) is 10.7 Å². The van der Waals surface area contributed by atoms with Crippen LogP contribution in [-0.4, -0.2) is 15.4 Å². The van der Waals surface area contributed by atoms with Crippen LogP contribution in [0.1, 0.15) is 34.4 Å². The first-order chi connectivity index (χ1) is 12.4. The molecule has 0 radical (unpaired) electrons. The number of carbonyl (C=O) groups is 1. The average Bonchev–Trinajstić information content (AvgIpc) is 2.95. The maximum atomic E-state index is 12.4. The SMILES string of the molecule is Cc1cc([N+](=O)[O-])cn(CC(=O)Nc2sc3c(c2C#N)CCCC3)c1=O. The molecule has 1 aliphatic rings. The summed E-state index contributed by atoms with van der Waals surface area (Å²) in [5.41, 5.74) is 0.968. The molecule has 0 atom stereocenters. The molecule has 1 aliphatic carbocycles. The summed E-state index contributed by atoms with van der Waals surface area (Å²) in [6.07, 6.45) is 4.87. The van der Waals surface area contributed by atoms with Gasteiger partial charge in [-0.3, -0.25) is 24.3 Å². The van der Waals surface area contributed by atoms with E-state index in [2.05, 4.69) is 11.4 Å². The van der Waals surface area contributed by atoms with Crippen molar-refractivity contribution in [3.63, 3.8) is 0 Å². The van der Waals surface area contributed by atoms with Crippen molar-refractivity contribution in [3.8, 4) is 6.07 Å². The van der Waals surface area contributed by atoms with E-state index in [1.54, 1.807) is 0 Å². The van der Waals surface area contributed by atoms with E-state index in [1.807, 2.05) is 0 Å². The summed E-state index contributed by atoms with van der Waals surface area (Å²) in [6.45, 7) is 1.11. The van der Waals surface area contributed by atoms with Crippen LogP contribution < -0.4 is 10.9 Å². The monoisotopic (exact) mass is 372 g/mol. The molecular formula is C17H16N4O4S. The smallest absolute Gasteiger partial charge is 0.286 e. The van der Waals surface area contributed by atoms with Gasteiger partial charge in [0.1, 0.15) is 17.6 Å². The normalized spacial score (nSPS) is 12.9. The highest BCUT2D eigenvalue weighted by Gasteiger charge is 2.22. The van der Waals surface area contributed by atoms with E-state index in [-0.39, 0.29) is 17.8 Å². The number of rotatable bonds is 4. The van der Waals surface area contributed by atoms with Gasteiger partial charge in [0, 0.05) is 16.5 Å². The van der Waals surface area contributed by atoms with E-state index in [9.17, 15) is 25.0 Å². The van der Waals surface area contributed by atoms with E-state index < -0.39 is 16.4 Å². The number of fused-ring (bicyclic) bond motifs is 1.